The zero-order valence-corrected chi connectivity index (χ0v) is 13.7. The summed E-state index contributed by atoms with van der Waals surface area (Å²) in [6.07, 6.45) is 7.02. The number of anilines is 2. The molecule has 23 heavy (non-hydrogen) atoms. The number of aromatic nitrogens is 2. The maximum atomic E-state index is 12.4. The molecular weight excluding hydrogens is 288 g/mol. The van der Waals surface area contributed by atoms with Crippen molar-refractivity contribution in [3.05, 3.63) is 47.3 Å². The van der Waals surface area contributed by atoms with E-state index in [0.717, 1.165) is 30.2 Å². The van der Waals surface area contributed by atoms with Gasteiger partial charge in [-0.3, -0.25) is 4.79 Å². The standard InChI is InChI=1S/C18H22N4O/c1-13-6-7-14(2)16(10-13)17(23)21-15-11-19-18(20-12-15)22-8-4-3-5-9-22/h6-7,10-12H,3-5,8-9H2,1-2H3,(H,21,23). The number of hydrogen-bond donors (Lipinski definition) is 1. The van der Waals surface area contributed by atoms with E-state index in [-0.39, 0.29) is 5.91 Å². The molecule has 1 aliphatic rings. The van der Waals surface area contributed by atoms with E-state index in [2.05, 4.69) is 20.2 Å². The Kier molecular flexibility index (Phi) is 4.55. The molecule has 2 heterocycles. The zero-order valence-electron chi connectivity index (χ0n) is 13.7. The van der Waals surface area contributed by atoms with E-state index in [1.807, 2.05) is 32.0 Å². The third-order valence-corrected chi connectivity index (χ3v) is 4.17. The van der Waals surface area contributed by atoms with Crippen LogP contribution < -0.4 is 10.2 Å². The van der Waals surface area contributed by atoms with Crippen LogP contribution in [0.4, 0.5) is 11.6 Å². The summed E-state index contributed by atoms with van der Waals surface area (Å²) in [4.78, 5) is 23.4. The first-order valence-corrected chi connectivity index (χ1v) is 8.09. The summed E-state index contributed by atoms with van der Waals surface area (Å²) in [5.74, 6) is 0.620. The van der Waals surface area contributed by atoms with Gasteiger partial charge < -0.3 is 10.2 Å². The topological polar surface area (TPSA) is 58.1 Å². The van der Waals surface area contributed by atoms with Crippen LogP contribution in [0.5, 0.6) is 0 Å². The van der Waals surface area contributed by atoms with E-state index in [1.54, 1.807) is 12.4 Å². The number of rotatable bonds is 3. The Morgan fingerprint density at radius 2 is 1.78 bits per heavy atom. The van der Waals surface area contributed by atoms with Crippen LogP contribution in [0, 0.1) is 13.8 Å². The predicted molar refractivity (Wildman–Crippen MR) is 92.0 cm³/mol. The third-order valence-electron chi connectivity index (χ3n) is 4.17. The van der Waals surface area contributed by atoms with Crippen molar-refractivity contribution in [3.8, 4) is 0 Å². The Morgan fingerprint density at radius 3 is 2.48 bits per heavy atom. The SMILES string of the molecule is Cc1ccc(C)c(C(=O)Nc2cnc(N3CCCCC3)nc2)c1. The molecule has 1 N–H and O–H groups in total. The summed E-state index contributed by atoms with van der Waals surface area (Å²) < 4.78 is 0. The molecular formula is C18H22N4O. The van der Waals surface area contributed by atoms with E-state index in [4.69, 9.17) is 0 Å². The second-order valence-corrected chi connectivity index (χ2v) is 6.09. The number of nitrogens with one attached hydrogen (secondary N) is 1. The van der Waals surface area contributed by atoms with E-state index in [9.17, 15) is 4.79 Å². The average molecular weight is 310 g/mol. The average Bonchev–Trinajstić information content (AvgIpc) is 2.58. The van der Waals surface area contributed by atoms with Gasteiger partial charge in [0.15, 0.2) is 0 Å². The lowest BCUT2D eigenvalue weighted by Crippen LogP contribution is -2.30. The van der Waals surface area contributed by atoms with E-state index < -0.39 is 0 Å². The van der Waals surface area contributed by atoms with Gasteiger partial charge in [-0.05, 0) is 44.7 Å². The van der Waals surface area contributed by atoms with Crippen LogP contribution in [-0.4, -0.2) is 29.0 Å². The second kappa shape index (κ2) is 6.77. The Balaban J connectivity index is 1.70. The molecule has 120 valence electrons. The van der Waals surface area contributed by atoms with E-state index >= 15 is 0 Å². The van der Waals surface area contributed by atoms with Crippen molar-refractivity contribution in [1.29, 1.82) is 0 Å². The summed E-state index contributed by atoms with van der Waals surface area (Å²) in [5.41, 5.74) is 3.33. The highest BCUT2D eigenvalue weighted by atomic mass is 16.1. The number of hydrogen-bond acceptors (Lipinski definition) is 4. The number of nitrogens with zero attached hydrogens (tertiary/aromatic N) is 3. The van der Waals surface area contributed by atoms with Gasteiger partial charge in [-0.1, -0.05) is 17.7 Å². The van der Waals surface area contributed by atoms with Crippen molar-refractivity contribution < 1.29 is 4.79 Å². The van der Waals surface area contributed by atoms with Gasteiger partial charge in [0.2, 0.25) is 5.95 Å². The van der Waals surface area contributed by atoms with Gasteiger partial charge in [-0.25, -0.2) is 9.97 Å². The molecule has 3 rings (SSSR count). The monoisotopic (exact) mass is 310 g/mol. The van der Waals surface area contributed by atoms with Crippen LogP contribution in [0.25, 0.3) is 0 Å². The van der Waals surface area contributed by atoms with Crippen LogP contribution in [0.2, 0.25) is 0 Å². The van der Waals surface area contributed by atoms with Crippen molar-refractivity contribution in [3.63, 3.8) is 0 Å². The predicted octanol–water partition coefficient (Wildman–Crippen LogP) is 3.34. The summed E-state index contributed by atoms with van der Waals surface area (Å²) in [6, 6.07) is 5.86. The maximum Gasteiger partial charge on any atom is 0.256 e. The first-order valence-electron chi connectivity index (χ1n) is 8.09. The van der Waals surface area contributed by atoms with Crippen LogP contribution in [0.3, 0.4) is 0 Å². The lowest BCUT2D eigenvalue weighted by atomic mass is 10.1. The van der Waals surface area contributed by atoms with Crippen molar-refractivity contribution in [2.75, 3.05) is 23.3 Å². The maximum absolute atomic E-state index is 12.4. The molecule has 0 unspecified atom stereocenters. The highest BCUT2D eigenvalue weighted by molar-refractivity contribution is 6.05. The molecule has 1 fully saturated rings. The lowest BCUT2D eigenvalue weighted by Gasteiger charge is -2.26. The van der Waals surface area contributed by atoms with E-state index in [1.165, 1.54) is 19.3 Å². The van der Waals surface area contributed by atoms with Gasteiger partial charge in [0.1, 0.15) is 0 Å². The molecule has 0 bridgehead atoms. The molecule has 5 heteroatoms. The fourth-order valence-corrected chi connectivity index (χ4v) is 2.82. The summed E-state index contributed by atoms with van der Waals surface area (Å²) >= 11 is 0. The quantitative estimate of drug-likeness (QED) is 0.944. The van der Waals surface area contributed by atoms with Gasteiger partial charge in [-0.15, -0.1) is 0 Å². The highest BCUT2D eigenvalue weighted by Gasteiger charge is 2.14. The fourth-order valence-electron chi connectivity index (χ4n) is 2.82. The molecule has 0 saturated carbocycles. The van der Waals surface area contributed by atoms with Crippen molar-refractivity contribution in [2.45, 2.75) is 33.1 Å². The van der Waals surface area contributed by atoms with Gasteiger partial charge in [0.25, 0.3) is 5.91 Å². The molecule has 0 spiro atoms. The molecule has 1 saturated heterocycles. The Hall–Kier alpha value is -2.43. The van der Waals surface area contributed by atoms with Gasteiger partial charge in [0, 0.05) is 18.7 Å². The number of carbonyl (C=O) groups is 1. The molecule has 2 aromatic rings. The fraction of sp³-hybridized carbons (Fsp3) is 0.389. The minimum atomic E-state index is -0.125. The molecule has 0 aliphatic carbocycles. The molecule has 1 amide bonds. The lowest BCUT2D eigenvalue weighted by molar-refractivity contribution is 0.102. The number of aryl methyl sites for hydroxylation is 2. The van der Waals surface area contributed by atoms with Crippen LogP contribution >= 0.6 is 0 Å². The van der Waals surface area contributed by atoms with Crippen LogP contribution in [0.15, 0.2) is 30.6 Å². The molecule has 1 aromatic heterocycles. The molecule has 1 aliphatic heterocycles. The minimum absolute atomic E-state index is 0.125. The number of amides is 1. The first kappa shape index (κ1) is 15.5. The second-order valence-electron chi connectivity index (χ2n) is 6.09. The van der Waals surface area contributed by atoms with Crippen LogP contribution in [0.1, 0.15) is 40.7 Å². The highest BCUT2D eigenvalue weighted by Crippen LogP contribution is 2.17. The van der Waals surface area contributed by atoms with Gasteiger partial charge >= 0.3 is 0 Å². The van der Waals surface area contributed by atoms with Gasteiger partial charge in [0.05, 0.1) is 18.1 Å². The van der Waals surface area contributed by atoms with Crippen molar-refractivity contribution >= 4 is 17.5 Å². The molecule has 0 radical (unpaired) electrons. The normalized spacial score (nSPS) is 14.6. The molecule has 0 atom stereocenters. The number of piperidine rings is 1. The van der Waals surface area contributed by atoms with Gasteiger partial charge in [-0.2, -0.15) is 0 Å². The minimum Gasteiger partial charge on any atom is -0.341 e. The number of carbonyl (C=O) groups excluding carboxylic acids is 1. The van der Waals surface area contributed by atoms with Crippen molar-refractivity contribution in [2.24, 2.45) is 0 Å². The molecule has 5 nitrogen and oxygen atoms in total. The number of benzene rings is 1. The first-order chi connectivity index (χ1) is 11.1. The summed E-state index contributed by atoms with van der Waals surface area (Å²) in [7, 11) is 0. The zero-order chi connectivity index (χ0) is 16.2. The van der Waals surface area contributed by atoms with Crippen LogP contribution in [-0.2, 0) is 0 Å². The smallest absolute Gasteiger partial charge is 0.256 e. The largest absolute Gasteiger partial charge is 0.341 e. The Bertz CT molecular complexity index is 691. The van der Waals surface area contributed by atoms with E-state index in [0.29, 0.717) is 11.3 Å². The summed E-state index contributed by atoms with van der Waals surface area (Å²) in [6.45, 7) is 5.93. The Labute approximate surface area is 136 Å². The third kappa shape index (κ3) is 3.67. The summed E-state index contributed by atoms with van der Waals surface area (Å²) in [5, 5.41) is 2.87. The molecule has 1 aromatic carbocycles. The Morgan fingerprint density at radius 1 is 1.09 bits per heavy atom. The van der Waals surface area contributed by atoms with Crippen molar-refractivity contribution in [1.82, 2.24) is 9.97 Å².